The van der Waals surface area contributed by atoms with E-state index in [9.17, 15) is 0 Å². The Kier molecular flexibility index (Phi) is 2.96. The third kappa shape index (κ3) is 2.55. The van der Waals surface area contributed by atoms with Crippen molar-refractivity contribution < 1.29 is 0 Å². The summed E-state index contributed by atoms with van der Waals surface area (Å²) < 4.78 is 0. The average molecular weight is 229 g/mol. The first-order valence-corrected chi connectivity index (χ1v) is 7.04. The number of benzene rings is 1. The Morgan fingerprint density at radius 1 is 1.12 bits per heavy atom. The highest BCUT2D eigenvalue weighted by Crippen LogP contribution is 2.44. The van der Waals surface area contributed by atoms with E-state index in [1.807, 2.05) is 0 Å². The van der Waals surface area contributed by atoms with E-state index in [1.54, 1.807) is 0 Å². The molecule has 0 radical (unpaired) electrons. The molecule has 2 aliphatic carbocycles. The Bertz CT molecular complexity index is 390. The third-order valence-electron chi connectivity index (χ3n) is 4.50. The van der Waals surface area contributed by atoms with Crippen molar-refractivity contribution in [2.75, 3.05) is 0 Å². The molecule has 0 atom stereocenters. The molecule has 1 aromatic rings. The van der Waals surface area contributed by atoms with E-state index < -0.39 is 0 Å². The molecule has 3 rings (SSSR count). The van der Waals surface area contributed by atoms with Crippen LogP contribution in [0.25, 0.3) is 0 Å². The summed E-state index contributed by atoms with van der Waals surface area (Å²) in [4.78, 5) is 0. The first-order valence-electron chi connectivity index (χ1n) is 7.04. The van der Waals surface area contributed by atoms with Crippen LogP contribution in [0.15, 0.2) is 18.2 Å². The average Bonchev–Trinajstić information content (AvgIpc) is 3.14. The van der Waals surface area contributed by atoms with Crippen LogP contribution in [0, 0.1) is 25.7 Å². The van der Waals surface area contributed by atoms with Crippen LogP contribution >= 0.6 is 0 Å². The Hall–Kier alpha value is -0.820. The van der Waals surface area contributed by atoms with Crippen molar-refractivity contribution in [3.8, 4) is 0 Å². The minimum Gasteiger partial charge on any atom is -0.309 e. The minimum atomic E-state index is 0.815. The zero-order valence-electron chi connectivity index (χ0n) is 11.0. The summed E-state index contributed by atoms with van der Waals surface area (Å²) in [6.07, 6.45) is 5.84. The van der Waals surface area contributed by atoms with Gasteiger partial charge in [0.25, 0.3) is 0 Å². The quantitative estimate of drug-likeness (QED) is 0.813. The zero-order chi connectivity index (χ0) is 11.8. The zero-order valence-corrected chi connectivity index (χ0v) is 11.0. The summed E-state index contributed by atoms with van der Waals surface area (Å²) in [5.74, 6) is 1.99. The molecule has 17 heavy (non-hydrogen) atoms. The summed E-state index contributed by atoms with van der Waals surface area (Å²) in [6, 6.07) is 7.47. The van der Waals surface area contributed by atoms with Crippen LogP contribution in [-0.4, -0.2) is 6.04 Å². The van der Waals surface area contributed by atoms with Gasteiger partial charge in [0.15, 0.2) is 0 Å². The number of hydrogen-bond acceptors (Lipinski definition) is 1. The largest absolute Gasteiger partial charge is 0.309 e. The summed E-state index contributed by atoms with van der Waals surface area (Å²) in [5.41, 5.74) is 4.36. The maximum absolute atomic E-state index is 3.83. The molecule has 2 saturated carbocycles. The van der Waals surface area contributed by atoms with Gasteiger partial charge in [0.05, 0.1) is 0 Å². The number of hydrogen-bond donors (Lipinski definition) is 1. The molecule has 0 unspecified atom stereocenters. The molecule has 0 spiro atoms. The lowest BCUT2D eigenvalue weighted by molar-refractivity contribution is 0.415. The first kappa shape index (κ1) is 11.3. The van der Waals surface area contributed by atoms with Gasteiger partial charge in [-0.1, -0.05) is 18.2 Å². The van der Waals surface area contributed by atoms with Crippen molar-refractivity contribution in [2.45, 2.75) is 52.1 Å². The van der Waals surface area contributed by atoms with E-state index in [2.05, 4.69) is 37.4 Å². The molecule has 0 saturated heterocycles. The Morgan fingerprint density at radius 2 is 1.76 bits per heavy atom. The van der Waals surface area contributed by atoms with E-state index >= 15 is 0 Å². The number of aryl methyl sites for hydroxylation is 1. The van der Waals surface area contributed by atoms with Gasteiger partial charge in [-0.3, -0.25) is 0 Å². The topological polar surface area (TPSA) is 12.0 Å². The number of rotatable bonds is 5. The second-order valence-corrected chi connectivity index (χ2v) is 5.94. The molecule has 92 valence electrons. The monoisotopic (exact) mass is 229 g/mol. The lowest BCUT2D eigenvalue weighted by Gasteiger charge is -2.19. The fourth-order valence-corrected chi connectivity index (χ4v) is 2.86. The van der Waals surface area contributed by atoms with Crippen molar-refractivity contribution in [3.63, 3.8) is 0 Å². The van der Waals surface area contributed by atoms with E-state index in [-0.39, 0.29) is 0 Å². The van der Waals surface area contributed by atoms with Crippen molar-refractivity contribution >= 4 is 0 Å². The van der Waals surface area contributed by atoms with Crippen LogP contribution in [0.5, 0.6) is 0 Å². The summed E-state index contributed by atoms with van der Waals surface area (Å²) in [7, 11) is 0. The molecular weight excluding hydrogens is 206 g/mol. The Labute approximate surface area is 105 Å². The van der Waals surface area contributed by atoms with Crippen LogP contribution in [0.1, 0.15) is 42.4 Å². The van der Waals surface area contributed by atoms with Gasteiger partial charge in [-0.05, 0) is 68.1 Å². The molecule has 0 amide bonds. The molecule has 2 aliphatic rings. The van der Waals surface area contributed by atoms with Gasteiger partial charge in [-0.2, -0.15) is 0 Å². The second kappa shape index (κ2) is 4.45. The highest BCUT2D eigenvalue weighted by Gasteiger charge is 2.40. The molecule has 1 N–H and O–H groups in total. The Morgan fingerprint density at radius 3 is 2.35 bits per heavy atom. The summed E-state index contributed by atoms with van der Waals surface area (Å²) in [5, 5.41) is 3.83. The lowest BCUT2D eigenvalue weighted by Crippen LogP contribution is -2.32. The molecular formula is C16H23N. The van der Waals surface area contributed by atoms with E-state index in [0.717, 1.165) is 24.4 Å². The normalized spacial score (nSPS) is 19.9. The SMILES string of the molecule is Cc1cccc(CNC(C2CC2)C2CC2)c1C. The summed E-state index contributed by atoms with van der Waals surface area (Å²) in [6.45, 7) is 5.51. The maximum Gasteiger partial charge on any atom is 0.0211 e. The van der Waals surface area contributed by atoms with Crippen molar-refractivity contribution in [1.82, 2.24) is 5.32 Å². The van der Waals surface area contributed by atoms with E-state index in [1.165, 1.54) is 42.4 Å². The maximum atomic E-state index is 3.83. The fourth-order valence-electron chi connectivity index (χ4n) is 2.86. The van der Waals surface area contributed by atoms with Crippen LogP contribution < -0.4 is 5.32 Å². The van der Waals surface area contributed by atoms with Gasteiger partial charge in [0.2, 0.25) is 0 Å². The predicted molar refractivity (Wildman–Crippen MR) is 72.0 cm³/mol. The molecule has 0 bridgehead atoms. The highest BCUT2D eigenvalue weighted by atomic mass is 14.9. The van der Waals surface area contributed by atoms with E-state index in [0.29, 0.717) is 0 Å². The van der Waals surface area contributed by atoms with Gasteiger partial charge in [0.1, 0.15) is 0 Å². The Balaban J connectivity index is 1.64. The highest BCUT2D eigenvalue weighted by molar-refractivity contribution is 5.33. The van der Waals surface area contributed by atoms with E-state index in [4.69, 9.17) is 0 Å². The number of nitrogens with one attached hydrogen (secondary N) is 1. The molecule has 1 aromatic carbocycles. The van der Waals surface area contributed by atoms with Gasteiger partial charge >= 0.3 is 0 Å². The van der Waals surface area contributed by atoms with Crippen molar-refractivity contribution in [2.24, 2.45) is 11.8 Å². The van der Waals surface area contributed by atoms with Crippen LogP contribution in [-0.2, 0) is 6.54 Å². The van der Waals surface area contributed by atoms with Gasteiger partial charge in [0, 0.05) is 12.6 Å². The molecule has 0 heterocycles. The standard InChI is InChI=1S/C16H23N/c1-11-4-3-5-15(12(11)2)10-17-16(13-6-7-13)14-8-9-14/h3-5,13-14,16-17H,6-10H2,1-2H3. The van der Waals surface area contributed by atoms with Gasteiger partial charge in [-0.25, -0.2) is 0 Å². The van der Waals surface area contributed by atoms with Crippen molar-refractivity contribution in [1.29, 1.82) is 0 Å². The van der Waals surface area contributed by atoms with Gasteiger partial charge < -0.3 is 5.32 Å². The van der Waals surface area contributed by atoms with Crippen LogP contribution in [0.2, 0.25) is 0 Å². The summed E-state index contributed by atoms with van der Waals surface area (Å²) >= 11 is 0. The smallest absolute Gasteiger partial charge is 0.0211 e. The first-order chi connectivity index (χ1) is 8.25. The molecule has 2 fully saturated rings. The molecule has 0 aromatic heterocycles. The lowest BCUT2D eigenvalue weighted by atomic mass is 10.0. The second-order valence-electron chi connectivity index (χ2n) is 5.94. The molecule has 0 aliphatic heterocycles. The van der Waals surface area contributed by atoms with Crippen molar-refractivity contribution in [3.05, 3.63) is 34.9 Å². The fraction of sp³-hybridized carbons (Fsp3) is 0.625. The molecule has 1 heteroatoms. The predicted octanol–water partition coefficient (Wildman–Crippen LogP) is 3.58. The van der Waals surface area contributed by atoms with Crippen LogP contribution in [0.3, 0.4) is 0 Å². The third-order valence-corrected chi connectivity index (χ3v) is 4.50. The van der Waals surface area contributed by atoms with Crippen LogP contribution in [0.4, 0.5) is 0 Å². The minimum absolute atomic E-state index is 0.815. The molecule has 1 nitrogen and oxygen atoms in total. The van der Waals surface area contributed by atoms with Gasteiger partial charge in [-0.15, -0.1) is 0 Å².